The fourth-order valence-corrected chi connectivity index (χ4v) is 6.05. The van der Waals surface area contributed by atoms with Crippen LogP contribution < -0.4 is 0 Å². The number of hydrogen-bond donors (Lipinski definition) is 1. The summed E-state index contributed by atoms with van der Waals surface area (Å²) in [6.45, 7) is 6.77. The van der Waals surface area contributed by atoms with Crippen molar-refractivity contribution in [2.75, 3.05) is 18.8 Å². The van der Waals surface area contributed by atoms with Crippen molar-refractivity contribution in [1.29, 1.82) is 5.26 Å². The van der Waals surface area contributed by atoms with E-state index in [1.165, 1.54) is 46.5 Å². The van der Waals surface area contributed by atoms with Crippen molar-refractivity contribution in [1.82, 2.24) is 9.88 Å². The Labute approximate surface area is 161 Å². The zero-order valence-electron chi connectivity index (χ0n) is 15.9. The summed E-state index contributed by atoms with van der Waals surface area (Å²) in [4.78, 5) is 6.41. The number of nitrogens with one attached hydrogen (secondary N) is 1. The average Bonchev–Trinajstić information content (AvgIpc) is 3.00. The highest BCUT2D eigenvalue weighted by Crippen LogP contribution is 2.47. The molecule has 1 aliphatic heterocycles. The smallest absolute Gasteiger partial charge is 0.0765 e. The molecule has 0 saturated carbocycles. The highest BCUT2D eigenvalue weighted by molar-refractivity contribution is 7.99. The van der Waals surface area contributed by atoms with Crippen molar-refractivity contribution in [2.45, 2.75) is 62.9 Å². The Morgan fingerprint density at radius 2 is 2.19 bits per heavy atom. The lowest BCUT2D eigenvalue weighted by Crippen LogP contribution is -2.50. The predicted molar refractivity (Wildman–Crippen MR) is 110 cm³/mol. The Morgan fingerprint density at radius 1 is 1.31 bits per heavy atom. The summed E-state index contributed by atoms with van der Waals surface area (Å²) in [5, 5.41) is 12.1. The lowest BCUT2D eigenvalue weighted by atomic mass is 9.71. The molecule has 26 heavy (non-hydrogen) atoms. The van der Waals surface area contributed by atoms with Gasteiger partial charge in [0.1, 0.15) is 0 Å². The predicted octanol–water partition coefficient (Wildman–Crippen LogP) is 5.32. The van der Waals surface area contributed by atoms with Gasteiger partial charge in [0.2, 0.25) is 0 Å². The van der Waals surface area contributed by atoms with Gasteiger partial charge in [-0.05, 0) is 61.1 Å². The van der Waals surface area contributed by atoms with Crippen molar-refractivity contribution in [3.05, 3.63) is 29.3 Å². The van der Waals surface area contributed by atoms with Gasteiger partial charge in [-0.15, -0.1) is 11.8 Å². The van der Waals surface area contributed by atoms with Crippen molar-refractivity contribution < 1.29 is 0 Å². The van der Waals surface area contributed by atoms with E-state index in [0.29, 0.717) is 24.3 Å². The molecular weight excluding hydrogens is 338 g/mol. The molecule has 4 rings (SSSR count). The molecule has 0 radical (unpaired) electrons. The van der Waals surface area contributed by atoms with Crippen LogP contribution in [-0.2, 0) is 6.42 Å². The van der Waals surface area contributed by atoms with Crippen molar-refractivity contribution >= 4 is 22.7 Å². The van der Waals surface area contributed by atoms with Crippen LogP contribution in [0.3, 0.4) is 0 Å². The second-order valence-corrected chi connectivity index (χ2v) is 8.99. The number of thioether (sulfide) groups is 1. The first-order valence-electron chi connectivity index (χ1n) is 10.1. The molecule has 1 N–H and O–H groups in total. The van der Waals surface area contributed by atoms with Gasteiger partial charge in [-0.2, -0.15) is 5.26 Å². The third-order valence-corrected chi connectivity index (χ3v) is 7.34. The normalized spacial score (nSPS) is 25.2. The van der Waals surface area contributed by atoms with E-state index >= 15 is 0 Å². The number of fused-ring (bicyclic) bond motifs is 2. The Balaban J connectivity index is 1.77. The monoisotopic (exact) mass is 367 g/mol. The van der Waals surface area contributed by atoms with Crippen LogP contribution >= 0.6 is 11.8 Å². The third-order valence-electron chi connectivity index (χ3n) is 6.09. The first kappa shape index (κ1) is 17.9. The summed E-state index contributed by atoms with van der Waals surface area (Å²) < 4.78 is 0. The number of piperidine rings is 1. The molecule has 2 aliphatic rings. The summed E-state index contributed by atoms with van der Waals surface area (Å²) in [5.74, 6) is 2.26. The topological polar surface area (TPSA) is 42.8 Å². The second-order valence-electron chi connectivity index (χ2n) is 7.89. The molecule has 0 amide bonds. The van der Waals surface area contributed by atoms with Crippen molar-refractivity contribution in [3.63, 3.8) is 0 Å². The number of nitrogens with zero attached hydrogens (tertiary/aromatic N) is 2. The second kappa shape index (κ2) is 7.66. The van der Waals surface area contributed by atoms with E-state index < -0.39 is 0 Å². The van der Waals surface area contributed by atoms with Crippen LogP contribution in [0.25, 0.3) is 10.9 Å². The Hall–Kier alpha value is -1.44. The molecule has 4 heteroatoms. The highest BCUT2D eigenvalue weighted by atomic mass is 32.2. The minimum Gasteiger partial charge on any atom is -0.349 e. The maximum Gasteiger partial charge on any atom is 0.0765 e. The molecule has 1 unspecified atom stereocenters. The van der Waals surface area contributed by atoms with Gasteiger partial charge in [-0.3, -0.25) is 4.90 Å². The van der Waals surface area contributed by atoms with E-state index in [0.717, 1.165) is 19.5 Å². The number of aromatic amines is 1. The molecule has 0 bridgehead atoms. The van der Waals surface area contributed by atoms with Gasteiger partial charge in [0.05, 0.1) is 11.1 Å². The van der Waals surface area contributed by atoms with Crippen LogP contribution in [0.2, 0.25) is 0 Å². The number of H-pyrrole nitrogens is 1. The number of benzene rings is 1. The fourth-order valence-electron chi connectivity index (χ4n) is 5.10. The van der Waals surface area contributed by atoms with E-state index in [1.54, 1.807) is 5.56 Å². The molecule has 1 fully saturated rings. The minimum atomic E-state index is 0.512. The van der Waals surface area contributed by atoms with Gasteiger partial charge >= 0.3 is 0 Å². The summed E-state index contributed by atoms with van der Waals surface area (Å²) in [6.07, 6.45) is 5.41. The number of likely N-dealkylation sites (tertiary alicyclic amines) is 1. The first-order valence-corrected chi connectivity index (χ1v) is 11.1. The van der Waals surface area contributed by atoms with Crippen LogP contribution in [0, 0.1) is 17.2 Å². The maximum atomic E-state index is 9.25. The molecule has 1 saturated heterocycles. The van der Waals surface area contributed by atoms with E-state index in [2.05, 4.69) is 48.0 Å². The van der Waals surface area contributed by atoms with Gasteiger partial charge in [0, 0.05) is 35.8 Å². The summed E-state index contributed by atoms with van der Waals surface area (Å²) in [7, 11) is 0. The molecule has 1 aliphatic carbocycles. The van der Waals surface area contributed by atoms with Gasteiger partial charge in [-0.25, -0.2) is 0 Å². The standard InChI is InChI=1S/C22H29N3S/c1-3-10-25-14-15(8-9-23)12-17-16-6-5-7-19-21(16)18(13-20(17)25)22(24-19)26-11-4-2/h5-7,15,17,20,24H,3-4,8,10-14H2,1-2H3/t15?,17-,20-/m1/s1. The van der Waals surface area contributed by atoms with Gasteiger partial charge in [-0.1, -0.05) is 26.0 Å². The molecule has 2 heterocycles. The largest absolute Gasteiger partial charge is 0.349 e. The Morgan fingerprint density at radius 3 is 2.96 bits per heavy atom. The lowest BCUT2D eigenvalue weighted by Gasteiger charge is -2.47. The Bertz CT molecular complexity index is 819. The number of rotatable bonds is 6. The molecular formula is C22H29N3S. The van der Waals surface area contributed by atoms with Crippen LogP contribution in [0.15, 0.2) is 23.2 Å². The van der Waals surface area contributed by atoms with E-state index in [1.807, 2.05) is 11.8 Å². The molecule has 1 aromatic carbocycles. The van der Waals surface area contributed by atoms with Crippen molar-refractivity contribution in [2.24, 2.45) is 5.92 Å². The molecule has 2 aromatic rings. The van der Waals surface area contributed by atoms with E-state index in [9.17, 15) is 5.26 Å². The van der Waals surface area contributed by atoms with E-state index in [4.69, 9.17) is 0 Å². The minimum absolute atomic E-state index is 0.512. The third kappa shape index (κ3) is 3.06. The van der Waals surface area contributed by atoms with Gasteiger partial charge in [0.25, 0.3) is 0 Å². The summed E-state index contributed by atoms with van der Waals surface area (Å²) in [5.41, 5.74) is 4.38. The van der Waals surface area contributed by atoms with Crippen LogP contribution in [0.1, 0.15) is 56.6 Å². The number of aromatic nitrogens is 1. The molecule has 1 aromatic heterocycles. The van der Waals surface area contributed by atoms with Crippen LogP contribution in [-0.4, -0.2) is 34.8 Å². The Kier molecular flexibility index (Phi) is 5.29. The van der Waals surface area contributed by atoms with Gasteiger partial charge < -0.3 is 4.98 Å². The average molecular weight is 368 g/mol. The number of hydrogen-bond acceptors (Lipinski definition) is 3. The lowest BCUT2D eigenvalue weighted by molar-refractivity contribution is 0.0857. The van der Waals surface area contributed by atoms with E-state index in [-0.39, 0.29) is 0 Å². The summed E-state index contributed by atoms with van der Waals surface area (Å²) in [6, 6.07) is 9.83. The van der Waals surface area contributed by atoms with Crippen LogP contribution in [0.5, 0.6) is 0 Å². The van der Waals surface area contributed by atoms with Crippen LogP contribution in [0.4, 0.5) is 0 Å². The maximum absolute atomic E-state index is 9.25. The fraction of sp³-hybridized carbons (Fsp3) is 0.591. The first-order chi connectivity index (χ1) is 12.8. The zero-order valence-corrected chi connectivity index (χ0v) is 16.7. The van der Waals surface area contributed by atoms with Crippen molar-refractivity contribution in [3.8, 4) is 6.07 Å². The molecule has 3 nitrogen and oxygen atoms in total. The quantitative estimate of drug-likeness (QED) is 0.702. The molecule has 3 atom stereocenters. The van der Waals surface area contributed by atoms with Gasteiger partial charge in [0.15, 0.2) is 0 Å². The highest BCUT2D eigenvalue weighted by Gasteiger charge is 2.41. The molecule has 0 spiro atoms. The zero-order chi connectivity index (χ0) is 18.1. The summed E-state index contributed by atoms with van der Waals surface area (Å²) >= 11 is 1.99. The molecule has 138 valence electrons. The number of nitriles is 1. The SMILES string of the molecule is CCCSc1[nH]c2cccc3c2c1C[C@@H]1[C@@H]3CC(CC#N)CN1CCC.